The van der Waals surface area contributed by atoms with Gasteiger partial charge in [-0.1, -0.05) is 11.6 Å². The van der Waals surface area contributed by atoms with Gasteiger partial charge in [0, 0.05) is 11.3 Å². The Hall–Kier alpha value is -4.04. The molecule has 1 amide bonds. The molecule has 4 rings (SSSR count). The van der Waals surface area contributed by atoms with Gasteiger partial charge < -0.3 is 19.0 Å². The molecule has 2 heterocycles. The van der Waals surface area contributed by atoms with Gasteiger partial charge in [-0.15, -0.1) is 0 Å². The van der Waals surface area contributed by atoms with Gasteiger partial charge in [-0.3, -0.25) is 14.5 Å². The largest absolute Gasteiger partial charge is 0.507 e. The summed E-state index contributed by atoms with van der Waals surface area (Å²) >= 11 is 6.27. The second kappa shape index (κ2) is 8.84. The van der Waals surface area contributed by atoms with E-state index in [1.807, 2.05) is 0 Å². The van der Waals surface area contributed by atoms with Crippen LogP contribution in [-0.4, -0.2) is 37.0 Å². The second-order valence-corrected chi connectivity index (χ2v) is 7.48. The molecule has 1 saturated heterocycles. The molecule has 0 bridgehead atoms. The molecule has 0 radical (unpaired) electrons. The smallest absolute Gasteiger partial charge is 0.337 e. The Morgan fingerprint density at radius 2 is 1.82 bits per heavy atom. The topological polar surface area (TPSA) is 106 Å². The highest BCUT2D eigenvalue weighted by molar-refractivity contribution is 6.52. The molecular weight excluding hydrogens is 450 g/mol. The fourth-order valence-electron chi connectivity index (χ4n) is 3.65. The van der Waals surface area contributed by atoms with Crippen molar-refractivity contribution in [3.8, 4) is 5.75 Å². The summed E-state index contributed by atoms with van der Waals surface area (Å²) < 4.78 is 15.4. The number of carbonyl (C=O) groups excluding carboxylic acids is 3. The van der Waals surface area contributed by atoms with Crippen LogP contribution in [0.1, 0.15) is 27.7 Å². The molecule has 1 unspecified atom stereocenters. The van der Waals surface area contributed by atoms with Gasteiger partial charge in [0.15, 0.2) is 0 Å². The fraction of sp³-hybridized carbons (Fsp3) is 0.125. The number of nitrogens with zero attached hydrogens (tertiary/aromatic N) is 1. The van der Waals surface area contributed by atoms with E-state index in [2.05, 4.69) is 0 Å². The van der Waals surface area contributed by atoms with Crippen LogP contribution >= 0.6 is 11.6 Å². The predicted octanol–water partition coefficient (Wildman–Crippen LogP) is 4.35. The van der Waals surface area contributed by atoms with E-state index in [1.165, 1.54) is 61.8 Å². The molecular formula is C24H18ClNO7. The summed E-state index contributed by atoms with van der Waals surface area (Å²) in [6.07, 6.45) is 1.40. The molecule has 1 aliphatic heterocycles. The summed E-state index contributed by atoms with van der Waals surface area (Å²) in [6.45, 7) is 0. The first-order valence-corrected chi connectivity index (χ1v) is 10.1. The first-order valence-electron chi connectivity index (χ1n) is 9.74. The standard InChI is InChI=1S/C24H18ClNO7/c1-31-15-9-10-17(25)16(12-15)21(27)19-20(18-4-3-11-33-18)26(23(29)22(19)28)14-7-5-13(6-8-14)24(30)32-2/h3-12,20,27H,1-2H3/b21-19-. The van der Waals surface area contributed by atoms with Crippen LogP contribution < -0.4 is 9.64 Å². The van der Waals surface area contributed by atoms with E-state index < -0.39 is 29.5 Å². The lowest BCUT2D eigenvalue weighted by atomic mass is 9.99. The zero-order valence-electron chi connectivity index (χ0n) is 17.6. The molecule has 1 fully saturated rings. The van der Waals surface area contributed by atoms with Gasteiger partial charge in [-0.25, -0.2) is 4.79 Å². The molecule has 0 spiro atoms. The number of benzene rings is 2. The Kier molecular flexibility index (Phi) is 5.93. The number of aliphatic hydroxyl groups excluding tert-OH is 1. The molecule has 168 valence electrons. The molecule has 9 heteroatoms. The molecule has 1 atom stereocenters. The third-order valence-electron chi connectivity index (χ3n) is 5.25. The zero-order chi connectivity index (χ0) is 23.7. The predicted molar refractivity (Wildman–Crippen MR) is 119 cm³/mol. The minimum atomic E-state index is -1.06. The van der Waals surface area contributed by atoms with E-state index >= 15 is 0 Å². The Morgan fingerprint density at radius 3 is 2.42 bits per heavy atom. The van der Waals surface area contributed by atoms with Gasteiger partial charge in [0.1, 0.15) is 23.3 Å². The van der Waals surface area contributed by atoms with E-state index in [9.17, 15) is 19.5 Å². The maximum absolute atomic E-state index is 13.1. The third kappa shape index (κ3) is 3.85. The molecule has 0 saturated carbocycles. The monoisotopic (exact) mass is 467 g/mol. The van der Waals surface area contributed by atoms with Crippen molar-refractivity contribution in [1.82, 2.24) is 0 Å². The van der Waals surface area contributed by atoms with Crippen LogP contribution in [0.15, 0.2) is 70.9 Å². The molecule has 1 aliphatic rings. The van der Waals surface area contributed by atoms with Crippen molar-refractivity contribution in [3.05, 3.63) is 88.3 Å². The van der Waals surface area contributed by atoms with E-state index in [-0.39, 0.29) is 27.5 Å². The molecule has 8 nitrogen and oxygen atoms in total. The van der Waals surface area contributed by atoms with E-state index in [1.54, 1.807) is 18.2 Å². The van der Waals surface area contributed by atoms with Crippen LogP contribution in [0.5, 0.6) is 5.75 Å². The number of esters is 1. The number of anilines is 1. The van der Waals surface area contributed by atoms with Gasteiger partial charge in [0.2, 0.25) is 0 Å². The number of methoxy groups -OCH3 is 2. The summed E-state index contributed by atoms with van der Waals surface area (Å²) in [5.74, 6) is -2.13. The quantitative estimate of drug-likeness (QED) is 0.257. The van der Waals surface area contributed by atoms with Crippen LogP contribution in [0.2, 0.25) is 5.02 Å². The van der Waals surface area contributed by atoms with E-state index in [4.69, 9.17) is 25.5 Å². The Morgan fingerprint density at radius 1 is 1.09 bits per heavy atom. The third-order valence-corrected chi connectivity index (χ3v) is 5.58. The van der Waals surface area contributed by atoms with Crippen molar-refractivity contribution in [3.63, 3.8) is 0 Å². The van der Waals surface area contributed by atoms with Gasteiger partial charge in [0.05, 0.1) is 36.6 Å². The zero-order valence-corrected chi connectivity index (χ0v) is 18.3. The number of hydrogen-bond donors (Lipinski definition) is 1. The lowest BCUT2D eigenvalue weighted by Gasteiger charge is -2.23. The van der Waals surface area contributed by atoms with Crippen molar-refractivity contribution in [2.24, 2.45) is 0 Å². The minimum absolute atomic E-state index is 0.131. The molecule has 1 aromatic heterocycles. The van der Waals surface area contributed by atoms with Crippen molar-refractivity contribution in [1.29, 1.82) is 0 Å². The van der Waals surface area contributed by atoms with Gasteiger partial charge in [0.25, 0.3) is 11.7 Å². The lowest BCUT2D eigenvalue weighted by molar-refractivity contribution is -0.132. The Balaban J connectivity index is 1.89. The number of rotatable bonds is 5. The molecule has 3 aromatic rings. The van der Waals surface area contributed by atoms with Crippen molar-refractivity contribution < 1.29 is 33.4 Å². The van der Waals surface area contributed by atoms with Gasteiger partial charge in [-0.05, 0) is 54.6 Å². The second-order valence-electron chi connectivity index (χ2n) is 7.07. The number of aliphatic hydroxyl groups is 1. The van der Waals surface area contributed by atoms with Gasteiger partial charge in [-0.2, -0.15) is 0 Å². The molecule has 2 aromatic carbocycles. The normalized spacial score (nSPS) is 17.3. The minimum Gasteiger partial charge on any atom is -0.507 e. The number of amides is 1. The van der Waals surface area contributed by atoms with Crippen molar-refractivity contribution >= 4 is 40.7 Å². The number of Topliss-reactive ketones (excluding diaryl/α,β-unsaturated/α-hetero) is 1. The summed E-state index contributed by atoms with van der Waals surface area (Å²) in [6, 6.07) is 12.7. The number of ether oxygens (including phenoxy) is 2. The average Bonchev–Trinajstić information content (AvgIpc) is 3.45. The maximum Gasteiger partial charge on any atom is 0.337 e. The number of carbonyl (C=O) groups is 3. The molecule has 1 N–H and O–H groups in total. The highest BCUT2D eigenvalue weighted by Gasteiger charge is 2.48. The van der Waals surface area contributed by atoms with E-state index in [0.717, 1.165) is 0 Å². The van der Waals surface area contributed by atoms with E-state index in [0.29, 0.717) is 11.4 Å². The Labute approximate surface area is 193 Å². The van der Waals surface area contributed by atoms with Crippen molar-refractivity contribution in [2.45, 2.75) is 6.04 Å². The summed E-state index contributed by atoms with van der Waals surface area (Å²) in [7, 11) is 2.71. The maximum atomic E-state index is 13.1. The van der Waals surface area contributed by atoms with Gasteiger partial charge >= 0.3 is 5.97 Å². The summed E-state index contributed by atoms with van der Waals surface area (Å²) in [5, 5.41) is 11.3. The first-order chi connectivity index (χ1) is 15.9. The number of furan rings is 1. The highest BCUT2D eigenvalue weighted by atomic mass is 35.5. The SMILES string of the molecule is COC(=O)c1ccc(N2C(=O)C(=O)/C(=C(\O)c3cc(OC)ccc3Cl)C2c2ccco2)cc1. The number of hydrogen-bond acceptors (Lipinski definition) is 7. The summed E-state index contributed by atoms with van der Waals surface area (Å²) in [4.78, 5) is 39.1. The molecule has 33 heavy (non-hydrogen) atoms. The van der Waals surface area contributed by atoms with Crippen LogP contribution in [0.3, 0.4) is 0 Å². The number of halogens is 1. The summed E-state index contributed by atoms with van der Waals surface area (Å²) in [5.41, 5.74) is 0.534. The number of ketones is 1. The van der Waals surface area contributed by atoms with Crippen LogP contribution in [-0.2, 0) is 14.3 Å². The van der Waals surface area contributed by atoms with Crippen LogP contribution in [0, 0.1) is 0 Å². The van der Waals surface area contributed by atoms with Crippen LogP contribution in [0.4, 0.5) is 5.69 Å². The van der Waals surface area contributed by atoms with Crippen molar-refractivity contribution in [2.75, 3.05) is 19.1 Å². The first kappa shape index (κ1) is 22.2. The lowest BCUT2D eigenvalue weighted by Crippen LogP contribution is -2.29. The van der Waals surface area contributed by atoms with Crippen LogP contribution in [0.25, 0.3) is 5.76 Å². The molecule has 0 aliphatic carbocycles. The highest BCUT2D eigenvalue weighted by Crippen LogP contribution is 2.43. The average molecular weight is 468 g/mol. The fourth-order valence-corrected chi connectivity index (χ4v) is 3.86. The Bertz CT molecular complexity index is 1260.